The predicted molar refractivity (Wildman–Crippen MR) is 375 cm³/mol. The number of aliphatic hydroxyl groups excluding tert-OH is 2. The number of hydrogen-bond donors (Lipinski definition) is 3. The highest BCUT2D eigenvalue weighted by Crippen LogP contribution is 2.19. The lowest BCUT2D eigenvalue weighted by Crippen LogP contribution is -2.45. The van der Waals surface area contributed by atoms with E-state index in [9.17, 15) is 19.8 Å². The van der Waals surface area contributed by atoms with E-state index in [1.54, 1.807) is 6.08 Å². The highest BCUT2D eigenvalue weighted by atomic mass is 16.5. The van der Waals surface area contributed by atoms with Crippen LogP contribution in [0.5, 0.6) is 0 Å². The number of aliphatic hydroxyl groups is 2. The smallest absolute Gasteiger partial charge is 0.305 e. The third-order valence-electron chi connectivity index (χ3n) is 18.2. The Labute approximate surface area is 532 Å². The van der Waals surface area contributed by atoms with E-state index < -0.39 is 12.1 Å². The minimum absolute atomic E-state index is 0.0142. The van der Waals surface area contributed by atoms with Crippen molar-refractivity contribution in [2.75, 3.05) is 13.2 Å². The topological polar surface area (TPSA) is 95.9 Å². The molecule has 0 aliphatic carbocycles. The molecular weight excluding hydrogens is 1040 g/mol. The molecule has 0 aliphatic rings. The standard InChI is InChI=1S/C79H151NO5/c1-3-5-7-9-11-13-15-17-19-21-23-24-25-29-32-36-39-43-47-51-55-59-63-67-71-77(82)76(75-81)80-78(83)72-68-64-60-56-52-48-44-40-37-33-30-27-26-28-31-34-38-42-46-50-54-58-62-66-70-74-85-79(84)73-69-65-61-57-53-49-45-41-35-22-20-18-16-14-12-10-8-6-4-2/h27-28,30-31,67,71,76-77,81-82H,3-26,29,32-66,68-70,72-75H2,1-2H3,(H,80,83)/b30-27-,31-28-,71-67+. The van der Waals surface area contributed by atoms with Crippen LogP contribution in [0, 0.1) is 0 Å². The molecule has 0 fully saturated rings. The third kappa shape index (κ3) is 71.0. The van der Waals surface area contributed by atoms with Gasteiger partial charge in [0.2, 0.25) is 5.91 Å². The lowest BCUT2D eigenvalue weighted by atomic mass is 10.0. The average molecular weight is 1200 g/mol. The van der Waals surface area contributed by atoms with E-state index in [0.717, 1.165) is 44.9 Å². The zero-order valence-electron chi connectivity index (χ0n) is 57.6. The summed E-state index contributed by atoms with van der Waals surface area (Å²) < 4.78 is 5.51. The first-order valence-electron chi connectivity index (χ1n) is 38.8. The van der Waals surface area contributed by atoms with Crippen LogP contribution in [0.4, 0.5) is 0 Å². The fourth-order valence-corrected chi connectivity index (χ4v) is 12.3. The van der Waals surface area contributed by atoms with Crippen molar-refractivity contribution >= 4 is 11.9 Å². The van der Waals surface area contributed by atoms with Gasteiger partial charge in [-0.15, -0.1) is 0 Å². The lowest BCUT2D eigenvalue weighted by Gasteiger charge is -2.20. The number of allylic oxidation sites excluding steroid dienone is 5. The maximum Gasteiger partial charge on any atom is 0.305 e. The van der Waals surface area contributed by atoms with Crippen molar-refractivity contribution in [1.82, 2.24) is 5.32 Å². The minimum atomic E-state index is -0.851. The third-order valence-corrected chi connectivity index (χ3v) is 18.2. The zero-order valence-corrected chi connectivity index (χ0v) is 57.6. The fraction of sp³-hybridized carbons (Fsp3) is 0.899. The molecule has 0 bridgehead atoms. The summed E-state index contributed by atoms with van der Waals surface area (Å²) in [6, 6.07) is -0.635. The average Bonchev–Trinajstić information content (AvgIpc) is 3.51. The Morgan fingerprint density at radius 3 is 0.894 bits per heavy atom. The van der Waals surface area contributed by atoms with Gasteiger partial charge in [0.25, 0.3) is 0 Å². The van der Waals surface area contributed by atoms with Gasteiger partial charge in [-0.1, -0.05) is 391 Å². The molecule has 6 heteroatoms. The van der Waals surface area contributed by atoms with Crippen LogP contribution < -0.4 is 5.32 Å². The summed E-state index contributed by atoms with van der Waals surface area (Å²) in [5, 5.41) is 23.3. The fourth-order valence-electron chi connectivity index (χ4n) is 12.3. The molecule has 2 unspecified atom stereocenters. The van der Waals surface area contributed by atoms with Crippen LogP contribution in [-0.2, 0) is 14.3 Å². The van der Waals surface area contributed by atoms with E-state index in [1.807, 2.05) is 6.08 Å². The van der Waals surface area contributed by atoms with E-state index in [1.165, 1.54) is 360 Å². The highest BCUT2D eigenvalue weighted by molar-refractivity contribution is 5.76. The first-order valence-corrected chi connectivity index (χ1v) is 38.8. The van der Waals surface area contributed by atoms with Crippen LogP contribution >= 0.6 is 0 Å². The summed E-state index contributed by atoms with van der Waals surface area (Å²) >= 11 is 0. The monoisotopic (exact) mass is 1190 g/mol. The van der Waals surface area contributed by atoms with Gasteiger partial charge in [0.15, 0.2) is 0 Å². The number of hydrogen-bond acceptors (Lipinski definition) is 5. The van der Waals surface area contributed by atoms with Crippen molar-refractivity contribution in [1.29, 1.82) is 0 Å². The SMILES string of the molecule is CCCCCCCCCCCCCCCCCCCCCCCC/C=C/C(O)C(CO)NC(=O)CCCCCCCCCCC/C=C\C/C=C\CCCCCCCCCCCOC(=O)CCCCCCCCCCCCCCCCCCCCC. The van der Waals surface area contributed by atoms with Crippen molar-refractivity contribution in [2.24, 2.45) is 0 Å². The van der Waals surface area contributed by atoms with Gasteiger partial charge in [-0.25, -0.2) is 0 Å². The number of carbonyl (C=O) groups is 2. The van der Waals surface area contributed by atoms with Crippen molar-refractivity contribution < 1.29 is 24.5 Å². The van der Waals surface area contributed by atoms with Gasteiger partial charge in [0.1, 0.15) is 0 Å². The van der Waals surface area contributed by atoms with E-state index in [4.69, 9.17) is 4.74 Å². The largest absolute Gasteiger partial charge is 0.466 e. The number of esters is 1. The zero-order chi connectivity index (χ0) is 61.3. The predicted octanol–water partition coefficient (Wildman–Crippen LogP) is 25.4. The maximum atomic E-state index is 12.5. The Kier molecular flexibility index (Phi) is 72.9. The number of carbonyl (C=O) groups excluding carboxylic acids is 2. The molecule has 0 aliphatic heterocycles. The van der Waals surface area contributed by atoms with Gasteiger partial charge in [0.05, 0.1) is 25.4 Å². The second-order valence-electron chi connectivity index (χ2n) is 26.7. The molecule has 0 rings (SSSR count). The van der Waals surface area contributed by atoms with Gasteiger partial charge in [-0.3, -0.25) is 9.59 Å². The molecule has 3 N–H and O–H groups in total. The summed E-state index contributed by atoms with van der Waals surface area (Å²) in [4.78, 5) is 24.7. The summed E-state index contributed by atoms with van der Waals surface area (Å²) in [5.74, 6) is -0.0554. The van der Waals surface area contributed by atoms with Gasteiger partial charge in [-0.05, 0) is 64.2 Å². The molecule has 502 valence electrons. The Balaban J connectivity index is 3.43. The molecule has 0 radical (unpaired) electrons. The molecule has 6 nitrogen and oxygen atoms in total. The van der Waals surface area contributed by atoms with Gasteiger partial charge >= 0.3 is 5.97 Å². The number of ether oxygens (including phenoxy) is 1. The minimum Gasteiger partial charge on any atom is -0.466 e. The highest BCUT2D eigenvalue weighted by Gasteiger charge is 2.18. The Morgan fingerprint density at radius 2 is 0.588 bits per heavy atom. The second-order valence-corrected chi connectivity index (χ2v) is 26.7. The number of amides is 1. The molecule has 0 saturated heterocycles. The van der Waals surface area contributed by atoms with Gasteiger partial charge in [-0.2, -0.15) is 0 Å². The normalized spacial score (nSPS) is 12.7. The molecule has 0 heterocycles. The van der Waals surface area contributed by atoms with Crippen LogP contribution in [0.15, 0.2) is 36.5 Å². The first kappa shape index (κ1) is 83.1. The number of nitrogens with one attached hydrogen (secondary N) is 1. The Morgan fingerprint density at radius 1 is 0.329 bits per heavy atom. The van der Waals surface area contributed by atoms with Crippen LogP contribution in [0.1, 0.15) is 431 Å². The van der Waals surface area contributed by atoms with E-state index in [0.29, 0.717) is 19.4 Å². The van der Waals surface area contributed by atoms with Crippen molar-refractivity contribution in [3.63, 3.8) is 0 Å². The summed E-state index contributed by atoms with van der Waals surface area (Å²) in [6.07, 6.45) is 96.8. The molecule has 0 spiro atoms. The van der Waals surface area contributed by atoms with Crippen LogP contribution in [0.3, 0.4) is 0 Å². The molecule has 0 aromatic rings. The maximum absolute atomic E-state index is 12.5. The number of unbranched alkanes of at least 4 members (excludes halogenated alkanes) is 58. The molecule has 2 atom stereocenters. The van der Waals surface area contributed by atoms with Crippen LogP contribution in [0.25, 0.3) is 0 Å². The summed E-state index contributed by atoms with van der Waals surface area (Å²) in [7, 11) is 0. The number of rotatable bonds is 73. The quantitative estimate of drug-likeness (QED) is 0.0320. The molecular formula is C79H151NO5. The van der Waals surface area contributed by atoms with Gasteiger partial charge in [0, 0.05) is 12.8 Å². The van der Waals surface area contributed by atoms with Crippen molar-refractivity contribution in [3.8, 4) is 0 Å². The van der Waals surface area contributed by atoms with Crippen molar-refractivity contribution in [2.45, 2.75) is 443 Å². The lowest BCUT2D eigenvalue weighted by molar-refractivity contribution is -0.143. The molecule has 85 heavy (non-hydrogen) atoms. The summed E-state index contributed by atoms with van der Waals surface area (Å²) in [6.45, 7) is 4.95. The Hall–Kier alpha value is -1.92. The van der Waals surface area contributed by atoms with E-state index >= 15 is 0 Å². The van der Waals surface area contributed by atoms with Crippen molar-refractivity contribution in [3.05, 3.63) is 36.5 Å². The molecule has 0 aromatic carbocycles. The Bertz CT molecular complexity index is 1380. The molecule has 1 amide bonds. The van der Waals surface area contributed by atoms with E-state index in [2.05, 4.69) is 43.5 Å². The van der Waals surface area contributed by atoms with E-state index in [-0.39, 0.29) is 18.5 Å². The van der Waals surface area contributed by atoms with Gasteiger partial charge < -0.3 is 20.3 Å². The molecule has 0 aromatic heterocycles. The van der Waals surface area contributed by atoms with Crippen LogP contribution in [-0.4, -0.2) is 47.4 Å². The summed E-state index contributed by atoms with van der Waals surface area (Å²) in [5.41, 5.74) is 0. The van der Waals surface area contributed by atoms with Crippen LogP contribution in [0.2, 0.25) is 0 Å². The first-order chi connectivity index (χ1) is 42.0. The second kappa shape index (κ2) is 74.5. The molecule has 0 saturated carbocycles.